The largest absolute Gasteiger partial charge is 0.455 e. The molecule has 14 aromatic rings. The van der Waals surface area contributed by atoms with E-state index in [0.29, 0.717) is 22.5 Å². The Morgan fingerprint density at radius 1 is 0.398 bits per heavy atom. The topological polar surface area (TPSA) is 19.6 Å². The lowest BCUT2D eigenvalue weighted by molar-refractivity contribution is 0.590. The second-order valence-electron chi connectivity index (χ2n) is 22.6. The Bertz CT molecular complexity index is 4740. The second-order valence-corrected chi connectivity index (χ2v) is 23.6. The Hall–Kier alpha value is -9.88. The van der Waals surface area contributed by atoms with Crippen molar-refractivity contribution in [3.63, 3.8) is 0 Å². The van der Waals surface area contributed by atoms with Crippen molar-refractivity contribution in [3.05, 3.63) is 312 Å². The van der Waals surface area contributed by atoms with Crippen molar-refractivity contribution in [3.8, 4) is 33.4 Å². The molecule has 6 heteroatoms. The highest BCUT2D eigenvalue weighted by Crippen LogP contribution is 2.65. The van der Waals surface area contributed by atoms with Gasteiger partial charge in [0.2, 0.25) is 0 Å². The Balaban J connectivity index is 1.11. The predicted molar refractivity (Wildman–Crippen MR) is 343 cm³/mol. The third-order valence-corrected chi connectivity index (χ3v) is 18.0. The van der Waals surface area contributed by atoms with Gasteiger partial charge in [-0.25, -0.2) is 8.78 Å². The van der Waals surface area contributed by atoms with Crippen LogP contribution in [0.15, 0.2) is 277 Å². The van der Waals surface area contributed by atoms with Gasteiger partial charge in [0, 0.05) is 37.8 Å². The quantitative estimate of drug-likeness (QED) is 0.136. The minimum Gasteiger partial charge on any atom is -0.455 e. The number of fused-ring (bicyclic) bond motifs is 11. The molecule has 0 N–H and O–H groups in total. The molecule has 0 unspecified atom stereocenters. The average molecular weight is 1090 g/mol. The van der Waals surface area contributed by atoms with Gasteiger partial charge >= 0.3 is 0 Å². The molecule has 0 saturated carbocycles. The first-order chi connectivity index (χ1) is 40.6. The van der Waals surface area contributed by atoms with Crippen LogP contribution in [0.4, 0.5) is 42.9 Å². The molecule has 0 saturated heterocycles. The number of hydrogen-bond acceptors (Lipinski definition) is 4. The molecule has 15 rings (SSSR count). The summed E-state index contributed by atoms with van der Waals surface area (Å²) in [6, 6.07) is 92.9. The zero-order valence-electron chi connectivity index (χ0n) is 45.9. The van der Waals surface area contributed by atoms with Crippen molar-refractivity contribution in [1.29, 1.82) is 0 Å². The fraction of sp³-hybridized carbons (Fsp3) is 0.0649. The number of halogens is 2. The first-order valence-electron chi connectivity index (χ1n) is 28.2. The summed E-state index contributed by atoms with van der Waals surface area (Å²) in [5.74, 6) is -0.714. The van der Waals surface area contributed by atoms with Crippen LogP contribution in [0.5, 0.6) is 0 Å². The number of thiophene rings is 1. The van der Waals surface area contributed by atoms with Crippen LogP contribution in [0.1, 0.15) is 48.6 Å². The summed E-state index contributed by atoms with van der Waals surface area (Å²) in [7, 11) is 0. The van der Waals surface area contributed by atoms with E-state index < -0.39 is 5.41 Å². The van der Waals surface area contributed by atoms with Crippen LogP contribution in [-0.2, 0) is 10.8 Å². The zero-order valence-corrected chi connectivity index (χ0v) is 46.8. The van der Waals surface area contributed by atoms with Crippen molar-refractivity contribution in [1.82, 2.24) is 0 Å². The maximum Gasteiger partial charge on any atom is 0.147 e. The first kappa shape index (κ1) is 50.1. The molecule has 0 bridgehead atoms. The molecule has 0 amide bonds. The second kappa shape index (κ2) is 19.7. The van der Waals surface area contributed by atoms with Gasteiger partial charge in [0.05, 0.1) is 38.3 Å². The number of rotatable bonds is 10. The summed E-state index contributed by atoms with van der Waals surface area (Å²) in [4.78, 5) is 4.21. The molecule has 0 fully saturated rings. The zero-order chi connectivity index (χ0) is 56.0. The predicted octanol–water partition coefficient (Wildman–Crippen LogP) is 22.2. The smallest absolute Gasteiger partial charge is 0.147 e. The van der Waals surface area contributed by atoms with Gasteiger partial charge in [-0.1, -0.05) is 221 Å². The number of para-hydroxylation sites is 2. The van der Waals surface area contributed by atoms with Crippen LogP contribution < -0.4 is 9.80 Å². The molecule has 0 aliphatic heterocycles. The molecule has 83 heavy (non-hydrogen) atoms. The fourth-order valence-electron chi connectivity index (χ4n) is 13.0. The molecule has 3 nitrogen and oxygen atoms in total. The minimum absolute atomic E-state index is 0.131. The van der Waals surface area contributed by atoms with E-state index in [9.17, 15) is 0 Å². The van der Waals surface area contributed by atoms with E-state index in [1.54, 1.807) is 23.5 Å². The van der Waals surface area contributed by atoms with E-state index in [4.69, 9.17) is 4.42 Å². The van der Waals surface area contributed by atoms with Gasteiger partial charge in [0.15, 0.2) is 0 Å². The molecule has 0 atom stereocenters. The summed E-state index contributed by atoms with van der Waals surface area (Å²) in [6.45, 7) is 6.64. The lowest BCUT2D eigenvalue weighted by Gasteiger charge is -2.36. The maximum absolute atomic E-state index is 18.0. The van der Waals surface area contributed by atoms with Crippen molar-refractivity contribution in [2.75, 3.05) is 9.80 Å². The molecular formula is C77H54F2N2OS. The number of nitrogens with zero attached hydrogens (tertiary/aromatic N) is 2. The summed E-state index contributed by atoms with van der Waals surface area (Å²) >= 11 is 1.72. The van der Waals surface area contributed by atoms with E-state index in [-0.39, 0.29) is 17.0 Å². The van der Waals surface area contributed by atoms with Gasteiger partial charge in [-0.15, -0.1) is 11.3 Å². The van der Waals surface area contributed by atoms with E-state index in [2.05, 4.69) is 176 Å². The van der Waals surface area contributed by atoms with Gasteiger partial charge in [0.25, 0.3) is 0 Å². The number of benzene rings is 12. The van der Waals surface area contributed by atoms with Gasteiger partial charge in [-0.3, -0.25) is 0 Å². The van der Waals surface area contributed by atoms with E-state index >= 15 is 8.78 Å². The molecule has 1 aliphatic rings. The van der Waals surface area contributed by atoms with E-state index in [0.717, 1.165) is 115 Å². The average Bonchev–Trinajstić information content (AvgIpc) is 3.05. The van der Waals surface area contributed by atoms with Crippen LogP contribution in [0, 0.1) is 11.6 Å². The Labute approximate surface area is 485 Å². The Morgan fingerprint density at radius 2 is 0.867 bits per heavy atom. The highest BCUT2D eigenvalue weighted by molar-refractivity contribution is 7.26. The Morgan fingerprint density at radius 3 is 1.43 bits per heavy atom. The van der Waals surface area contributed by atoms with Crippen LogP contribution in [0.3, 0.4) is 0 Å². The highest BCUT2D eigenvalue weighted by atomic mass is 32.1. The molecule has 12 aromatic carbocycles. The standard InChI is InChI=1S/C77H54F2N2OS/c1-76(2,3)53-39-41-57(42-40-53)80(64-43-37-51(45-62(64)78)49-23-9-4-10-24-49)66-47-61-73(74-70(66)58-33-19-21-35-68(58)82-74)72-60(77(61,54-27-13-6-14-28-54)55-29-15-7-16-30-55)48-67(75-71(72)59-34-20-22-36-69(59)83-75)81(56-31-17-8-18-32-56)65-44-38-52(46-63(65)79)50-25-11-5-12-26-50/h4-48H,1-3H3. The van der Waals surface area contributed by atoms with Gasteiger partial charge in [-0.2, -0.15) is 0 Å². The molecule has 398 valence electrons. The molecule has 2 aromatic heterocycles. The number of hydrogen-bond donors (Lipinski definition) is 0. The summed E-state index contributed by atoms with van der Waals surface area (Å²) < 4.78 is 45.3. The molecule has 0 spiro atoms. The van der Waals surface area contributed by atoms with Gasteiger partial charge < -0.3 is 14.2 Å². The summed E-state index contributed by atoms with van der Waals surface area (Å²) in [5, 5.41) is 3.89. The van der Waals surface area contributed by atoms with Crippen LogP contribution >= 0.6 is 11.3 Å². The van der Waals surface area contributed by atoms with Gasteiger partial charge in [0.1, 0.15) is 22.8 Å². The third kappa shape index (κ3) is 8.03. The van der Waals surface area contributed by atoms with Crippen molar-refractivity contribution in [2.24, 2.45) is 0 Å². The normalized spacial score (nSPS) is 12.7. The van der Waals surface area contributed by atoms with Crippen LogP contribution in [0.25, 0.3) is 75.5 Å². The van der Waals surface area contributed by atoms with Crippen molar-refractivity contribution in [2.45, 2.75) is 31.6 Å². The van der Waals surface area contributed by atoms with Crippen molar-refractivity contribution >= 4 is 87.6 Å². The lowest BCUT2D eigenvalue weighted by Crippen LogP contribution is -2.29. The first-order valence-corrected chi connectivity index (χ1v) is 29.0. The van der Waals surface area contributed by atoms with E-state index in [1.807, 2.05) is 115 Å². The SMILES string of the molecule is CC(C)(C)c1ccc(N(c2ccc(-c3ccccc3)cc2F)c2cc3c(c4oc5ccccc5c24)-c2c(cc(N(c4ccccc4)c4ccc(-c5ccccc5)cc4F)c4sc5ccccc5c24)C3(c2ccccc2)c2ccccc2)cc1. The molecule has 2 heterocycles. The minimum atomic E-state index is -1.05. The number of anilines is 6. The molecule has 1 aliphatic carbocycles. The summed E-state index contributed by atoms with van der Waals surface area (Å²) in [5.41, 5.74) is 14.9. The summed E-state index contributed by atoms with van der Waals surface area (Å²) in [6.07, 6.45) is 0. The monoisotopic (exact) mass is 1090 g/mol. The van der Waals surface area contributed by atoms with Crippen molar-refractivity contribution < 1.29 is 13.2 Å². The number of furan rings is 1. The van der Waals surface area contributed by atoms with Gasteiger partial charge in [-0.05, 0) is 134 Å². The lowest BCUT2D eigenvalue weighted by atomic mass is 9.67. The fourth-order valence-corrected chi connectivity index (χ4v) is 14.2. The van der Waals surface area contributed by atoms with Crippen LogP contribution in [-0.4, -0.2) is 0 Å². The maximum atomic E-state index is 18.0. The van der Waals surface area contributed by atoms with E-state index in [1.165, 1.54) is 0 Å². The van der Waals surface area contributed by atoms with Crippen LogP contribution in [0.2, 0.25) is 0 Å². The molecular weight excluding hydrogens is 1040 g/mol. The highest BCUT2D eigenvalue weighted by Gasteiger charge is 2.50. The molecule has 0 radical (unpaired) electrons. The third-order valence-electron chi connectivity index (χ3n) is 16.8. The Kier molecular flexibility index (Phi) is 11.9.